The van der Waals surface area contributed by atoms with Crippen molar-refractivity contribution in [3.63, 3.8) is 0 Å². The molecule has 0 spiro atoms. The second kappa shape index (κ2) is 9.93. The van der Waals surface area contributed by atoms with Crippen molar-refractivity contribution < 1.29 is 31.1 Å². The molecule has 2 N–H and O–H groups in total. The van der Waals surface area contributed by atoms with Gasteiger partial charge in [-0.05, 0) is 42.2 Å². The number of amides is 1. The number of rotatable bonds is 5. The van der Waals surface area contributed by atoms with E-state index >= 15 is 0 Å². The second-order valence-corrected chi connectivity index (χ2v) is 11.8. The molecule has 1 saturated heterocycles. The number of nitrogens with zero attached hydrogens (tertiary/aromatic N) is 2. The zero-order valence-corrected chi connectivity index (χ0v) is 21.0. The van der Waals surface area contributed by atoms with E-state index in [1.165, 1.54) is 12.1 Å². The predicted octanol–water partition coefficient (Wildman–Crippen LogP) is 3.75. The van der Waals surface area contributed by atoms with E-state index in [4.69, 9.17) is 22.3 Å². The fourth-order valence-corrected chi connectivity index (χ4v) is 5.92. The van der Waals surface area contributed by atoms with Crippen LogP contribution in [0.15, 0.2) is 41.4 Å². The van der Waals surface area contributed by atoms with Gasteiger partial charge < -0.3 is 15.4 Å². The number of aliphatic imine (C=N–C) groups is 1. The summed E-state index contributed by atoms with van der Waals surface area (Å²) in [6.45, 7) is 2.64. The van der Waals surface area contributed by atoms with Gasteiger partial charge in [-0.25, -0.2) is 8.42 Å². The van der Waals surface area contributed by atoms with E-state index in [2.05, 4.69) is 4.74 Å². The number of anilines is 1. The van der Waals surface area contributed by atoms with Gasteiger partial charge in [-0.15, -0.1) is 13.2 Å². The first kappa shape index (κ1) is 26.3. The Morgan fingerprint density at radius 3 is 2.42 bits per heavy atom. The normalized spacial score (nSPS) is 21.8. The standard InChI is InChI=1S/C24H25ClF3N3O4S/c1-14-10-16-11-21(35-24(26,27)28)19(25)12-18(16)23(30-20(14)13-22(29)32)15-2-4-17(5-3-15)31-6-8-36(33,34)9-7-31/h2-5,11-12,14,20H,6-10,13H2,1H3,(H2,29,32). The van der Waals surface area contributed by atoms with E-state index in [0.29, 0.717) is 41.9 Å². The highest BCUT2D eigenvalue weighted by molar-refractivity contribution is 7.91. The Balaban J connectivity index is 1.74. The van der Waals surface area contributed by atoms with Crippen molar-refractivity contribution in [2.24, 2.45) is 16.6 Å². The van der Waals surface area contributed by atoms with E-state index in [1.54, 1.807) is 0 Å². The van der Waals surface area contributed by atoms with E-state index in [9.17, 15) is 26.4 Å². The number of primary amides is 1. The zero-order chi connectivity index (χ0) is 26.3. The lowest BCUT2D eigenvalue weighted by Gasteiger charge is -2.28. The minimum absolute atomic E-state index is 0.0152. The van der Waals surface area contributed by atoms with Crippen LogP contribution in [0.2, 0.25) is 5.02 Å². The number of halogens is 4. The first-order valence-corrected chi connectivity index (χ1v) is 13.5. The van der Waals surface area contributed by atoms with Crippen LogP contribution in [0, 0.1) is 5.92 Å². The minimum atomic E-state index is -4.90. The number of hydrogen-bond donors (Lipinski definition) is 1. The molecule has 1 fully saturated rings. The van der Waals surface area contributed by atoms with Crippen molar-refractivity contribution in [3.8, 4) is 5.75 Å². The highest BCUT2D eigenvalue weighted by Gasteiger charge is 2.34. The third-order valence-electron chi connectivity index (χ3n) is 6.39. The van der Waals surface area contributed by atoms with E-state index < -0.39 is 33.9 Å². The highest BCUT2D eigenvalue weighted by Crippen LogP contribution is 2.37. The molecular formula is C24H25ClF3N3O4S. The Morgan fingerprint density at radius 1 is 1.19 bits per heavy atom. The summed E-state index contributed by atoms with van der Waals surface area (Å²) in [5, 5.41) is -0.217. The Kier molecular flexibility index (Phi) is 7.25. The molecule has 2 aliphatic heterocycles. The van der Waals surface area contributed by atoms with Crippen LogP contribution in [0.4, 0.5) is 18.9 Å². The van der Waals surface area contributed by atoms with Gasteiger partial charge in [-0.2, -0.15) is 0 Å². The van der Waals surface area contributed by atoms with Gasteiger partial charge in [-0.3, -0.25) is 9.79 Å². The van der Waals surface area contributed by atoms with Gasteiger partial charge in [0.1, 0.15) is 5.75 Å². The molecule has 2 aromatic rings. The van der Waals surface area contributed by atoms with Crippen molar-refractivity contribution in [3.05, 3.63) is 58.1 Å². The first-order chi connectivity index (χ1) is 16.8. The Morgan fingerprint density at radius 2 is 1.83 bits per heavy atom. The summed E-state index contributed by atoms with van der Waals surface area (Å²) in [5.41, 5.74) is 8.55. The first-order valence-electron chi connectivity index (χ1n) is 11.3. The SMILES string of the molecule is CC1Cc2cc(OC(F)(F)F)c(Cl)cc2C(c2ccc(N3CCS(=O)(=O)CC3)cc2)=NC1CC(N)=O. The average Bonchev–Trinajstić information content (AvgIpc) is 2.89. The molecular weight excluding hydrogens is 519 g/mol. The van der Waals surface area contributed by atoms with Crippen LogP contribution in [-0.4, -0.2) is 57.0 Å². The highest BCUT2D eigenvalue weighted by atomic mass is 35.5. The molecule has 2 aromatic carbocycles. The fraction of sp³-hybridized carbons (Fsp3) is 0.417. The Labute approximate surface area is 212 Å². The van der Waals surface area contributed by atoms with Crippen molar-refractivity contribution >= 4 is 38.7 Å². The van der Waals surface area contributed by atoms with E-state index in [-0.39, 0.29) is 28.9 Å². The molecule has 7 nitrogen and oxygen atoms in total. The lowest BCUT2D eigenvalue weighted by molar-refractivity contribution is -0.274. The maximum Gasteiger partial charge on any atom is 0.573 e. The number of sulfone groups is 1. The molecule has 0 saturated carbocycles. The quantitative estimate of drug-likeness (QED) is 0.619. The summed E-state index contributed by atoms with van der Waals surface area (Å²) in [6, 6.07) is 9.50. The van der Waals surface area contributed by atoms with Crippen molar-refractivity contribution in [1.82, 2.24) is 0 Å². The molecule has 2 unspecified atom stereocenters. The smallest absolute Gasteiger partial charge is 0.404 e. The summed E-state index contributed by atoms with van der Waals surface area (Å²) >= 11 is 6.17. The molecule has 1 amide bonds. The van der Waals surface area contributed by atoms with Gasteiger partial charge in [-0.1, -0.05) is 30.7 Å². The largest absolute Gasteiger partial charge is 0.573 e. The van der Waals surface area contributed by atoms with Crippen LogP contribution in [0.3, 0.4) is 0 Å². The second-order valence-electron chi connectivity index (χ2n) is 9.07. The van der Waals surface area contributed by atoms with Gasteiger partial charge in [0.05, 0.1) is 28.3 Å². The molecule has 194 valence electrons. The maximum absolute atomic E-state index is 12.9. The molecule has 12 heteroatoms. The number of hydrogen-bond acceptors (Lipinski definition) is 6. The van der Waals surface area contributed by atoms with Crippen LogP contribution in [0.5, 0.6) is 5.75 Å². The van der Waals surface area contributed by atoms with Crippen LogP contribution >= 0.6 is 11.6 Å². The lowest BCUT2D eigenvalue weighted by atomic mass is 9.90. The number of alkyl halides is 3. The Hall–Kier alpha value is -2.79. The van der Waals surface area contributed by atoms with Crippen LogP contribution in [0.1, 0.15) is 30.0 Å². The monoisotopic (exact) mass is 543 g/mol. The van der Waals surface area contributed by atoms with E-state index in [0.717, 1.165) is 5.69 Å². The van der Waals surface area contributed by atoms with Crippen LogP contribution in [-0.2, 0) is 21.1 Å². The zero-order valence-electron chi connectivity index (χ0n) is 19.4. The molecule has 2 heterocycles. The summed E-state index contributed by atoms with van der Waals surface area (Å²) in [5.74, 6) is -1.05. The molecule has 0 bridgehead atoms. The molecule has 2 aliphatic rings. The summed E-state index contributed by atoms with van der Waals surface area (Å²) in [7, 11) is -3.02. The average molecular weight is 544 g/mol. The van der Waals surface area contributed by atoms with Gasteiger partial charge in [0.25, 0.3) is 0 Å². The number of nitrogens with two attached hydrogens (primary N) is 1. The number of carbonyl (C=O) groups excluding carboxylic acids is 1. The van der Waals surface area contributed by atoms with Gasteiger partial charge in [0.15, 0.2) is 9.84 Å². The number of fused-ring (bicyclic) bond motifs is 1. The summed E-state index contributed by atoms with van der Waals surface area (Å²) < 4.78 is 66.3. The minimum Gasteiger partial charge on any atom is -0.404 e. The molecule has 0 radical (unpaired) electrons. The maximum atomic E-state index is 12.9. The predicted molar refractivity (Wildman–Crippen MR) is 132 cm³/mol. The summed E-state index contributed by atoms with van der Waals surface area (Å²) in [6.07, 6.45) is -4.58. The van der Waals surface area contributed by atoms with Crippen molar-refractivity contribution in [1.29, 1.82) is 0 Å². The van der Waals surface area contributed by atoms with Crippen molar-refractivity contribution in [2.45, 2.75) is 32.2 Å². The topological polar surface area (TPSA) is 102 Å². The Bertz CT molecular complexity index is 1280. The number of ether oxygens (including phenoxy) is 1. The van der Waals surface area contributed by atoms with Crippen molar-refractivity contribution in [2.75, 3.05) is 29.5 Å². The van der Waals surface area contributed by atoms with Gasteiger partial charge in [0.2, 0.25) is 5.91 Å². The molecule has 0 aliphatic carbocycles. The number of benzene rings is 2. The molecule has 2 atom stereocenters. The molecule has 36 heavy (non-hydrogen) atoms. The van der Waals surface area contributed by atoms with Crippen LogP contribution < -0.4 is 15.4 Å². The third-order valence-corrected chi connectivity index (χ3v) is 8.30. The van der Waals surface area contributed by atoms with Gasteiger partial charge in [0, 0.05) is 36.3 Å². The number of carbonyl (C=O) groups is 1. The molecule has 4 rings (SSSR count). The van der Waals surface area contributed by atoms with Gasteiger partial charge >= 0.3 is 6.36 Å². The fourth-order valence-electron chi connectivity index (χ4n) is 4.52. The van der Waals surface area contributed by atoms with Crippen LogP contribution in [0.25, 0.3) is 0 Å². The van der Waals surface area contributed by atoms with E-state index in [1.807, 2.05) is 36.1 Å². The molecule has 0 aromatic heterocycles. The summed E-state index contributed by atoms with van der Waals surface area (Å²) in [4.78, 5) is 18.5. The lowest BCUT2D eigenvalue weighted by Crippen LogP contribution is -2.40. The third kappa shape index (κ3) is 6.12.